The van der Waals surface area contributed by atoms with Crippen LogP contribution in [-0.4, -0.2) is 71.0 Å². The van der Waals surface area contributed by atoms with Crippen LogP contribution in [0, 0.1) is 6.92 Å². The van der Waals surface area contributed by atoms with E-state index in [0.29, 0.717) is 19.5 Å². The summed E-state index contributed by atoms with van der Waals surface area (Å²) >= 11 is 0. The molecule has 216 valence electrons. The second-order valence-electron chi connectivity index (χ2n) is 11.5. The standard InChI is InChI=1S/C33H43N7O/c1-22-20-40(32(41)30(34)19-24-13-14-25-8-3-4-9-26(25)18-24)27(10-7-16-37-33(35)36)21-39(22)17-15-28-23(2)38-31-12-6-5-11-29(28)31/h3-6,8-9,11-14,18,22,27,30,38H,7,10,15-17,19-21,34H2,1-2H3,(H4,35,36,37)/t22-,27?,30+/m1/s1. The second kappa shape index (κ2) is 12.7. The van der Waals surface area contributed by atoms with Crippen molar-refractivity contribution in [2.75, 3.05) is 26.2 Å². The summed E-state index contributed by atoms with van der Waals surface area (Å²) in [6.07, 6.45) is 3.09. The Bertz CT molecular complexity index is 1520. The molecular weight excluding hydrogens is 510 g/mol. The van der Waals surface area contributed by atoms with Crippen molar-refractivity contribution in [3.8, 4) is 0 Å². The van der Waals surface area contributed by atoms with Crippen LogP contribution < -0.4 is 17.2 Å². The lowest BCUT2D eigenvalue weighted by atomic mass is 9.97. The number of nitrogens with two attached hydrogens (primary N) is 3. The molecule has 1 fully saturated rings. The van der Waals surface area contributed by atoms with Crippen molar-refractivity contribution >= 4 is 33.5 Å². The smallest absolute Gasteiger partial charge is 0.240 e. The first-order valence-electron chi connectivity index (χ1n) is 14.7. The molecule has 3 aromatic carbocycles. The van der Waals surface area contributed by atoms with E-state index in [-0.39, 0.29) is 24.0 Å². The number of nitrogens with one attached hydrogen (secondary N) is 1. The Kier molecular flexibility index (Phi) is 8.90. The molecule has 1 aliphatic heterocycles. The number of aromatic amines is 1. The molecule has 0 saturated carbocycles. The number of carbonyl (C=O) groups is 1. The van der Waals surface area contributed by atoms with Crippen LogP contribution in [-0.2, 0) is 17.6 Å². The SMILES string of the molecule is Cc1[nH]c2ccccc2c1CCN1CC(CCCN=C(N)N)N(C(=O)[C@@H](N)Cc2ccc3ccccc3c2)C[C@H]1C. The van der Waals surface area contributed by atoms with Crippen LogP contribution in [0.4, 0.5) is 0 Å². The zero-order chi connectivity index (χ0) is 28.9. The summed E-state index contributed by atoms with van der Waals surface area (Å²) in [6, 6.07) is 22.8. The van der Waals surface area contributed by atoms with Gasteiger partial charge in [-0.25, -0.2) is 0 Å². The third-order valence-corrected chi connectivity index (χ3v) is 8.51. The average Bonchev–Trinajstić information content (AvgIpc) is 3.29. The molecule has 1 amide bonds. The van der Waals surface area contributed by atoms with Crippen molar-refractivity contribution in [1.82, 2.24) is 14.8 Å². The number of amides is 1. The van der Waals surface area contributed by atoms with Crippen LogP contribution >= 0.6 is 0 Å². The molecule has 3 atom stereocenters. The molecule has 1 unspecified atom stereocenters. The van der Waals surface area contributed by atoms with Crippen LogP contribution in [0.5, 0.6) is 0 Å². The van der Waals surface area contributed by atoms with E-state index in [0.717, 1.165) is 43.3 Å². The number of guanidine groups is 1. The van der Waals surface area contributed by atoms with Gasteiger partial charge in [0.1, 0.15) is 0 Å². The summed E-state index contributed by atoms with van der Waals surface area (Å²) in [4.78, 5) is 26.1. The summed E-state index contributed by atoms with van der Waals surface area (Å²) in [5, 5.41) is 3.64. The second-order valence-corrected chi connectivity index (χ2v) is 11.5. The van der Waals surface area contributed by atoms with Gasteiger partial charge in [-0.1, -0.05) is 60.7 Å². The number of piperazine rings is 1. The highest BCUT2D eigenvalue weighted by molar-refractivity contribution is 5.85. The summed E-state index contributed by atoms with van der Waals surface area (Å²) in [6.45, 7) is 7.31. The molecular formula is C33H43N7O. The number of hydrogen-bond acceptors (Lipinski definition) is 4. The lowest BCUT2D eigenvalue weighted by Crippen LogP contribution is -2.62. The number of nitrogens with zero attached hydrogens (tertiary/aromatic N) is 3. The number of benzene rings is 3. The molecule has 2 heterocycles. The third kappa shape index (κ3) is 6.72. The van der Waals surface area contributed by atoms with Crippen molar-refractivity contribution in [3.05, 3.63) is 83.6 Å². The van der Waals surface area contributed by atoms with Gasteiger partial charge in [0.25, 0.3) is 0 Å². The Morgan fingerprint density at radius 3 is 2.61 bits per heavy atom. The van der Waals surface area contributed by atoms with Gasteiger partial charge in [0.05, 0.1) is 6.04 Å². The maximum absolute atomic E-state index is 13.8. The molecule has 1 aliphatic rings. The summed E-state index contributed by atoms with van der Waals surface area (Å²) < 4.78 is 0. The molecule has 7 N–H and O–H groups in total. The molecule has 0 radical (unpaired) electrons. The van der Waals surface area contributed by atoms with Gasteiger partial charge >= 0.3 is 0 Å². The van der Waals surface area contributed by atoms with Gasteiger partial charge in [-0.05, 0) is 67.5 Å². The zero-order valence-electron chi connectivity index (χ0n) is 24.2. The van der Waals surface area contributed by atoms with E-state index in [1.54, 1.807) is 0 Å². The molecule has 5 rings (SSSR count). The minimum atomic E-state index is -0.594. The van der Waals surface area contributed by atoms with Crippen LogP contribution in [0.3, 0.4) is 0 Å². The first kappa shape index (κ1) is 28.6. The minimum absolute atomic E-state index is 0.0176. The maximum atomic E-state index is 13.8. The van der Waals surface area contributed by atoms with E-state index < -0.39 is 6.04 Å². The molecule has 0 spiro atoms. The van der Waals surface area contributed by atoms with Crippen LogP contribution in [0.25, 0.3) is 21.7 Å². The fourth-order valence-corrected chi connectivity index (χ4v) is 6.29. The predicted molar refractivity (Wildman–Crippen MR) is 169 cm³/mol. The van der Waals surface area contributed by atoms with E-state index in [9.17, 15) is 4.79 Å². The Morgan fingerprint density at radius 1 is 1.05 bits per heavy atom. The molecule has 4 aromatic rings. The van der Waals surface area contributed by atoms with Crippen molar-refractivity contribution in [1.29, 1.82) is 0 Å². The first-order chi connectivity index (χ1) is 19.8. The van der Waals surface area contributed by atoms with E-state index in [2.05, 4.69) is 83.3 Å². The topological polar surface area (TPSA) is 130 Å². The molecule has 41 heavy (non-hydrogen) atoms. The Hall–Kier alpha value is -3.88. The largest absolute Gasteiger partial charge is 0.370 e. The Labute approximate surface area is 242 Å². The van der Waals surface area contributed by atoms with E-state index >= 15 is 0 Å². The summed E-state index contributed by atoms with van der Waals surface area (Å²) in [5.41, 5.74) is 22.5. The molecule has 0 bridgehead atoms. The number of aromatic nitrogens is 1. The molecule has 1 saturated heterocycles. The lowest BCUT2D eigenvalue weighted by Gasteiger charge is -2.46. The number of H-pyrrole nitrogens is 1. The number of aliphatic imine (C=N–C) groups is 1. The van der Waals surface area contributed by atoms with Crippen molar-refractivity contribution < 1.29 is 4.79 Å². The van der Waals surface area contributed by atoms with Gasteiger partial charge < -0.3 is 27.1 Å². The highest BCUT2D eigenvalue weighted by atomic mass is 16.2. The quantitative estimate of drug-likeness (QED) is 0.135. The number of rotatable bonds is 10. The first-order valence-corrected chi connectivity index (χ1v) is 14.7. The fourth-order valence-electron chi connectivity index (χ4n) is 6.29. The molecule has 1 aromatic heterocycles. The van der Waals surface area contributed by atoms with Gasteiger partial charge in [-0.15, -0.1) is 0 Å². The number of para-hydroxylation sites is 1. The minimum Gasteiger partial charge on any atom is -0.370 e. The van der Waals surface area contributed by atoms with Gasteiger partial charge in [0.2, 0.25) is 5.91 Å². The van der Waals surface area contributed by atoms with Crippen LogP contribution in [0.15, 0.2) is 71.7 Å². The third-order valence-electron chi connectivity index (χ3n) is 8.51. The Morgan fingerprint density at radius 2 is 1.80 bits per heavy atom. The highest BCUT2D eigenvalue weighted by Gasteiger charge is 2.36. The van der Waals surface area contributed by atoms with E-state index in [4.69, 9.17) is 17.2 Å². The number of hydrogen-bond donors (Lipinski definition) is 4. The Balaban J connectivity index is 1.28. The monoisotopic (exact) mass is 553 g/mol. The predicted octanol–water partition coefficient (Wildman–Crippen LogP) is 3.70. The van der Waals surface area contributed by atoms with Gasteiger partial charge in [-0.2, -0.15) is 0 Å². The van der Waals surface area contributed by atoms with Gasteiger partial charge in [0.15, 0.2) is 5.96 Å². The van der Waals surface area contributed by atoms with E-state index in [1.807, 2.05) is 17.0 Å². The summed E-state index contributed by atoms with van der Waals surface area (Å²) in [7, 11) is 0. The average molecular weight is 554 g/mol. The van der Waals surface area contributed by atoms with Crippen LogP contribution in [0.2, 0.25) is 0 Å². The molecule has 8 nitrogen and oxygen atoms in total. The van der Waals surface area contributed by atoms with Crippen molar-refractivity contribution in [2.24, 2.45) is 22.2 Å². The van der Waals surface area contributed by atoms with Crippen molar-refractivity contribution in [3.63, 3.8) is 0 Å². The molecule has 8 heteroatoms. The highest BCUT2D eigenvalue weighted by Crippen LogP contribution is 2.25. The molecule has 0 aliphatic carbocycles. The summed E-state index contributed by atoms with van der Waals surface area (Å²) in [5.74, 6) is 0.118. The fraction of sp³-hybridized carbons (Fsp3) is 0.394. The van der Waals surface area contributed by atoms with E-state index in [1.165, 1.54) is 27.5 Å². The number of aryl methyl sites for hydroxylation is 1. The zero-order valence-corrected chi connectivity index (χ0v) is 24.2. The maximum Gasteiger partial charge on any atom is 0.240 e. The van der Waals surface area contributed by atoms with Crippen molar-refractivity contribution in [2.45, 2.75) is 57.7 Å². The van der Waals surface area contributed by atoms with Gasteiger partial charge in [-0.3, -0.25) is 14.7 Å². The number of fused-ring (bicyclic) bond motifs is 2. The normalized spacial score (nSPS) is 18.6. The van der Waals surface area contributed by atoms with Gasteiger partial charge in [0, 0.05) is 54.9 Å². The number of carbonyl (C=O) groups excluding carboxylic acids is 1. The van der Waals surface area contributed by atoms with Crippen LogP contribution in [0.1, 0.15) is 36.6 Å². The lowest BCUT2D eigenvalue weighted by molar-refractivity contribution is -0.139.